The summed E-state index contributed by atoms with van der Waals surface area (Å²) in [5.74, 6) is 1.09. The zero-order valence-corrected chi connectivity index (χ0v) is 26.5. The van der Waals surface area contributed by atoms with E-state index in [0.717, 1.165) is 14.0 Å². The third-order valence-electron chi connectivity index (χ3n) is 7.83. The van der Waals surface area contributed by atoms with Gasteiger partial charge >= 0.3 is 232 Å². The standard InChI is InChI=1S/C14H22O.C7H9.2C7H7.Zr/c1-13(2,3)10-7-8-11(12(15)9-10)14(4,5)6;1-6-3-4-7(2)5-6;2*1-7-5-3-2-4-6-7;/h7-9,15H,1-6H3;3-5H,1-2H3;2*2-6H,1H2;/q;;;;+1/p-1. The second kappa shape index (κ2) is 10.5. The van der Waals surface area contributed by atoms with E-state index in [2.05, 4.69) is 152 Å². The molecule has 1 atom stereocenters. The molecule has 0 fully saturated rings. The van der Waals surface area contributed by atoms with Crippen LogP contribution < -0.4 is 2.81 Å². The number of allylic oxidation sites excluding steroid dienone is 4. The molecule has 4 rings (SSSR count). The van der Waals surface area contributed by atoms with Gasteiger partial charge in [-0.2, -0.15) is 0 Å². The fraction of sp³-hybridized carbons (Fsp3) is 0.371. The van der Waals surface area contributed by atoms with Crippen molar-refractivity contribution in [1.29, 1.82) is 0 Å². The molecule has 0 spiro atoms. The summed E-state index contributed by atoms with van der Waals surface area (Å²) >= 11 is -3.67. The van der Waals surface area contributed by atoms with Gasteiger partial charge in [-0.1, -0.05) is 0 Å². The minimum absolute atomic E-state index is 0.0129. The van der Waals surface area contributed by atoms with Gasteiger partial charge in [-0.25, -0.2) is 0 Å². The van der Waals surface area contributed by atoms with Crippen LogP contribution in [0.2, 0.25) is 3.12 Å². The predicted octanol–water partition coefficient (Wildman–Crippen LogP) is 9.82. The Hall–Kier alpha value is -2.18. The maximum absolute atomic E-state index is 7.75. The van der Waals surface area contributed by atoms with E-state index in [-0.39, 0.29) is 14.0 Å². The Bertz CT molecular complexity index is 1230. The zero-order chi connectivity index (χ0) is 26.9. The van der Waals surface area contributed by atoms with E-state index in [4.69, 9.17) is 2.81 Å². The summed E-state index contributed by atoms with van der Waals surface area (Å²) in [6, 6.07) is 29.0. The second-order valence-corrected chi connectivity index (χ2v) is 22.9. The van der Waals surface area contributed by atoms with Crippen LogP contribution >= 0.6 is 0 Å². The Morgan fingerprint density at radius 1 is 0.730 bits per heavy atom. The summed E-state index contributed by atoms with van der Waals surface area (Å²) in [6.07, 6.45) is 7.26. The van der Waals surface area contributed by atoms with Gasteiger partial charge in [-0.3, -0.25) is 0 Å². The molecule has 0 bridgehead atoms. The first-order valence-electron chi connectivity index (χ1n) is 13.6. The van der Waals surface area contributed by atoms with Gasteiger partial charge in [-0.15, -0.1) is 0 Å². The number of hydrogen-bond donors (Lipinski definition) is 0. The van der Waals surface area contributed by atoms with Gasteiger partial charge in [0.15, 0.2) is 0 Å². The molecule has 0 amide bonds. The quantitative estimate of drug-likeness (QED) is 0.274. The van der Waals surface area contributed by atoms with Crippen molar-refractivity contribution in [3.63, 3.8) is 0 Å². The van der Waals surface area contributed by atoms with Crippen LogP contribution in [0.3, 0.4) is 0 Å². The monoisotopic (exact) mass is 570 g/mol. The molecule has 0 saturated heterocycles. The Morgan fingerprint density at radius 2 is 1.27 bits per heavy atom. The van der Waals surface area contributed by atoms with Gasteiger partial charge in [0.05, 0.1) is 0 Å². The average Bonchev–Trinajstić information content (AvgIpc) is 3.19. The van der Waals surface area contributed by atoms with E-state index in [1.807, 2.05) is 0 Å². The van der Waals surface area contributed by atoms with Crippen LogP contribution in [0.15, 0.2) is 103 Å². The molecule has 0 aromatic heterocycles. The van der Waals surface area contributed by atoms with Crippen molar-refractivity contribution in [1.82, 2.24) is 0 Å². The van der Waals surface area contributed by atoms with Crippen molar-refractivity contribution in [3.8, 4) is 5.75 Å². The molecule has 1 unspecified atom stereocenters. The van der Waals surface area contributed by atoms with E-state index >= 15 is 0 Å². The summed E-state index contributed by atoms with van der Waals surface area (Å²) in [6.45, 7) is 18.5. The first kappa shape index (κ1) is 27.8. The van der Waals surface area contributed by atoms with E-state index < -0.39 is 20.7 Å². The van der Waals surface area contributed by atoms with Crippen molar-refractivity contribution >= 4 is 0 Å². The van der Waals surface area contributed by atoms with Crippen LogP contribution in [0.25, 0.3) is 0 Å². The molecular formula is C35H44OZr. The summed E-state index contributed by atoms with van der Waals surface area (Å²) in [7, 11) is 0. The first-order chi connectivity index (χ1) is 17.3. The molecule has 0 saturated carbocycles. The van der Waals surface area contributed by atoms with Crippen molar-refractivity contribution in [3.05, 3.63) is 125 Å². The maximum atomic E-state index is 7.75. The normalized spacial score (nSPS) is 18.1. The predicted molar refractivity (Wildman–Crippen MR) is 156 cm³/mol. The van der Waals surface area contributed by atoms with Gasteiger partial charge in [-0.05, 0) is 0 Å². The molecule has 1 aliphatic carbocycles. The third-order valence-corrected chi connectivity index (χ3v) is 19.7. The van der Waals surface area contributed by atoms with Crippen LogP contribution in [-0.4, -0.2) is 0 Å². The van der Waals surface area contributed by atoms with Crippen molar-refractivity contribution in [2.75, 3.05) is 0 Å². The Labute approximate surface area is 230 Å². The number of benzene rings is 3. The van der Waals surface area contributed by atoms with E-state index in [9.17, 15) is 0 Å². The molecule has 1 aliphatic rings. The molecule has 0 radical (unpaired) electrons. The summed E-state index contributed by atoms with van der Waals surface area (Å²) in [5.41, 5.74) is 6.77. The van der Waals surface area contributed by atoms with Gasteiger partial charge in [0.25, 0.3) is 0 Å². The summed E-state index contributed by atoms with van der Waals surface area (Å²) in [4.78, 5) is 0. The van der Waals surface area contributed by atoms with E-state index in [1.54, 1.807) is 0 Å². The van der Waals surface area contributed by atoms with Crippen LogP contribution in [0.1, 0.15) is 77.6 Å². The molecule has 3 aromatic carbocycles. The topological polar surface area (TPSA) is 9.23 Å². The number of hydrogen-bond acceptors (Lipinski definition) is 1. The number of rotatable bonds is 7. The SMILES string of the molecule is CC1=C[C](C)([Zr]([CH2]c2ccccc2)([CH2]c2ccccc2)[O]c2cc(C(C)(C)C)ccc2C(C)(C)C)C=C1. The summed E-state index contributed by atoms with van der Waals surface area (Å²) < 4.78 is 9.71. The van der Waals surface area contributed by atoms with Crippen LogP contribution in [0.5, 0.6) is 5.75 Å². The summed E-state index contributed by atoms with van der Waals surface area (Å²) in [5, 5.41) is 0. The van der Waals surface area contributed by atoms with Gasteiger partial charge in [0.2, 0.25) is 0 Å². The molecule has 1 nitrogen and oxygen atoms in total. The fourth-order valence-corrected chi connectivity index (χ4v) is 16.6. The van der Waals surface area contributed by atoms with Gasteiger partial charge in [0, 0.05) is 0 Å². The van der Waals surface area contributed by atoms with E-state index in [1.165, 1.54) is 27.8 Å². The molecule has 0 N–H and O–H groups in total. The second-order valence-electron chi connectivity index (χ2n) is 13.1. The molecule has 37 heavy (non-hydrogen) atoms. The zero-order valence-electron chi connectivity index (χ0n) is 24.1. The molecule has 2 heteroatoms. The molecule has 0 aliphatic heterocycles. The molecular weight excluding hydrogens is 528 g/mol. The first-order valence-corrected chi connectivity index (χ1v) is 19.3. The molecule has 0 heterocycles. The van der Waals surface area contributed by atoms with Crippen LogP contribution in [-0.2, 0) is 39.8 Å². The van der Waals surface area contributed by atoms with Crippen LogP contribution in [0, 0.1) is 0 Å². The van der Waals surface area contributed by atoms with Crippen molar-refractivity contribution < 1.29 is 23.5 Å². The molecule has 194 valence electrons. The van der Waals surface area contributed by atoms with Crippen LogP contribution in [0.4, 0.5) is 0 Å². The Balaban J connectivity index is 1.96. The Kier molecular flexibility index (Phi) is 7.93. The van der Waals surface area contributed by atoms with Crippen molar-refractivity contribution in [2.45, 2.75) is 77.6 Å². The van der Waals surface area contributed by atoms with E-state index in [0.29, 0.717) is 0 Å². The van der Waals surface area contributed by atoms with Crippen molar-refractivity contribution in [2.24, 2.45) is 0 Å². The molecule has 3 aromatic rings. The third kappa shape index (κ3) is 6.29. The van der Waals surface area contributed by atoms with Gasteiger partial charge < -0.3 is 0 Å². The average molecular weight is 572 g/mol. The van der Waals surface area contributed by atoms with Gasteiger partial charge in [0.1, 0.15) is 0 Å². The fourth-order valence-electron chi connectivity index (χ4n) is 5.54. The minimum atomic E-state index is -3.67. The Morgan fingerprint density at radius 3 is 1.70 bits per heavy atom.